The third-order valence-corrected chi connectivity index (χ3v) is 1.21. The molecule has 0 atom stereocenters. The average Bonchev–Trinajstić information content (AvgIpc) is 2.34. The Bertz CT molecular complexity index is 218. The normalized spacial score (nSPS) is 16.1. The molecule has 10 heavy (non-hydrogen) atoms. The van der Waals surface area contributed by atoms with Crippen LogP contribution in [0.1, 0.15) is 0 Å². The van der Waals surface area contributed by atoms with E-state index in [2.05, 4.69) is 9.73 Å². The van der Waals surface area contributed by atoms with Crippen molar-refractivity contribution in [3.63, 3.8) is 0 Å². The number of rotatable bonds is 1. The molecule has 0 saturated carbocycles. The highest BCUT2D eigenvalue weighted by Crippen LogP contribution is 2.00. The fourth-order valence-corrected chi connectivity index (χ4v) is 0.702. The molecule has 0 fully saturated rings. The molecule has 0 aliphatic carbocycles. The van der Waals surface area contributed by atoms with Crippen LogP contribution in [0.2, 0.25) is 0 Å². The van der Waals surface area contributed by atoms with Gasteiger partial charge in [-0.1, -0.05) is 0 Å². The first kappa shape index (κ1) is 6.80. The number of nitrogens with zero attached hydrogens (tertiary/aromatic N) is 1. The van der Waals surface area contributed by atoms with Crippen LogP contribution < -0.4 is 5.73 Å². The quantitative estimate of drug-likeness (QED) is 0.497. The van der Waals surface area contributed by atoms with Crippen molar-refractivity contribution in [2.75, 3.05) is 13.7 Å². The van der Waals surface area contributed by atoms with E-state index >= 15 is 0 Å². The zero-order valence-corrected chi connectivity index (χ0v) is 5.63. The van der Waals surface area contributed by atoms with E-state index in [1.54, 1.807) is 6.08 Å². The van der Waals surface area contributed by atoms with Crippen LogP contribution in [0, 0.1) is 0 Å². The maximum atomic E-state index is 10.8. The third kappa shape index (κ3) is 1.00. The van der Waals surface area contributed by atoms with Crippen molar-refractivity contribution in [2.45, 2.75) is 0 Å². The van der Waals surface area contributed by atoms with Crippen LogP contribution in [-0.2, 0) is 9.53 Å². The maximum Gasteiger partial charge on any atom is 0.358 e. The van der Waals surface area contributed by atoms with E-state index in [-0.39, 0.29) is 5.71 Å². The third-order valence-electron chi connectivity index (χ3n) is 1.21. The van der Waals surface area contributed by atoms with Crippen molar-refractivity contribution in [3.8, 4) is 0 Å². The molecule has 0 bridgehead atoms. The highest BCUT2D eigenvalue weighted by atomic mass is 16.5. The lowest BCUT2D eigenvalue weighted by Crippen LogP contribution is -2.20. The molecule has 0 aromatic heterocycles. The van der Waals surface area contributed by atoms with Gasteiger partial charge in [0.05, 0.1) is 19.4 Å². The van der Waals surface area contributed by atoms with Crippen molar-refractivity contribution >= 4 is 11.7 Å². The lowest BCUT2D eigenvalue weighted by molar-refractivity contribution is -0.132. The lowest BCUT2D eigenvalue weighted by atomic mass is 10.3. The van der Waals surface area contributed by atoms with Gasteiger partial charge < -0.3 is 10.5 Å². The van der Waals surface area contributed by atoms with Crippen LogP contribution in [0.15, 0.2) is 16.8 Å². The maximum absolute atomic E-state index is 10.8. The smallest absolute Gasteiger partial charge is 0.358 e. The minimum atomic E-state index is -0.466. The summed E-state index contributed by atoms with van der Waals surface area (Å²) in [7, 11) is 1.30. The molecular formula is C6H8N2O2. The molecular weight excluding hydrogens is 132 g/mol. The van der Waals surface area contributed by atoms with Crippen molar-refractivity contribution in [3.05, 3.63) is 11.8 Å². The Labute approximate surface area is 58.4 Å². The van der Waals surface area contributed by atoms with Crippen molar-refractivity contribution in [2.24, 2.45) is 10.7 Å². The second-order valence-corrected chi connectivity index (χ2v) is 1.84. The number of ether oxygens (including phenoxy) is 1. The van der Waals surface area contributed by atoms with Crippen LogP contribution in [0.3, 0.4) is 0 Å². The summed E-state index contributed by atoms with van der Waals surface area (Å²) in [5.74, 6) is -0.466. The van der Waals surface area contributed by atoms with Gasteiger partial charge in [-0.2, -0.15) is 0 Å². The standard InChI is InChI=1S/C6H8N2O2/c1-10-6(9)5-4(7)2-3-8-5/h2H,3,7H2,1H3. The second-order valence-electron chi connectivity index (χ2n) is 1.84. The molecule has 4 heteroatoms. The van der Waals surface area contributed by atoms with E-state index in [0.29, 0.717) is 12.2 Å². The minimum absolute atomic E-state index is 0.238. The fraction of sp³-hybridized carbons (Fsp3) is 0.333. The van der Waals surface area contributed by atoms with Crippen LogP contribution in [0.25, 0.3) is 0 Å². The summed E-state index contributed by atoms with van der Waals surface area (Å²) in [4.78, 5) is 14.6. The van der Waals surface area contributed by atoms with Gasteiger partial charge in [-0.05, 0) is 6.08 Å². The first-order valence-electron chi connectivity index (χ1n) is 2.84. The summed E-state index contributed by atoms with van der Waals surface area (Å²) in [5, 5.41) is 0. The summed E-state index contributed by atoms with van der Waals surface area (Å²) < 4.78 is 4.41. The predicted molar refractivity (Wildman–Crippen MR) is 36.6 cm³/mol. The van der Waals surface area contributed by atoms with Gasteiger partial charge in [0.25, 0.3) is 0 Å². The Morgan fingerprint density at radius 1 is 1.90 bits per heavy atom. The number of hydrogen-bond donors (Lipinski definition) is 1. The molecule has 0 aromatic carbocycles. The Kier molecular flexibility index (Phi) is 1.71. The first-order valence-corrected chi connectivity index (χ1v) is 2.84. The summed E-state index contributed by atoms with van der Waals surface area (Å²) in [6.07, 6.45) is 1.67. The van der Waals surface area contributed by atoms with Gasteiger partial charge in [0.1, 0.15) is 0 Å². The molecule has 1 heterocycles. The summed E-state index contributed by atoms with van der Waals surface area (Å²) in [5.41, 5.74) is 6.03. The lowest BCUT2D eigenvalue weighted by Gasteiger charge is -1.97. The van der Waals surface area contributed by atoms with Gasteiger partial charge in [0.15, 0.2) is 5.71 Å². The predicted octanol–water partition coefficient (Wildman–Crippen LogP) is -0.543. The van der Waals surface area contributed by atoms with E-state index in [1.165, 1.54) is 7.11 Å². The molecule has 54 valence electrons. The molecule has 0 amide bonds. The number of methoxy groups -OCH3 is 1. The van der Waals surface area contributed by atoms with Gasteiger partial charge in [-0.25, -0.2) is 4.79 Å². The van der Waals surface area contributed by atoms with Gasteiger partial charge in [-0.3, -0.25) is 4.99 Å². The van der Waals surface area contributed by atoms with E-state index < -0.39 is 5.97 Å². The SMILES string of the molecule is COC(=O)C1=NCC=C1N. The topological polar surface area (TPSA) is 64.7 Å². The summed E-state index contributed by atoms with van der Waals surface area (Å²) in [6.45, 7) is 0.482. The highest BCUT2D eigenvalue weighted by Gasteiger charge is 2.16. The largest absolute Gasteiger partial charge is 0.464 e. The molecule has 0 spiro atoms. The molecule has 0 unspecified atom stereocenters. The van der Waals surface area contributed by atoms with E-state index in [4.69, 9.17) is 5.73 Å². The molecule has 4 nitrogen and oxygen atoms in total. The first-order chi connectivity index (χ1) is 4.75. The van der Waals surface area contributed by atoms with Gasteiger partial charge >= 0.3 is 5.97 Å². The average molecular weight is 140 g/mol. The highest BCUT2D eigenvalue weighted by molar-refractivity contribution is 6.43. The Hall–Kier alpha value is -1.32. The van der Waals surface area contributed by atoms with Crippen LogP contribution in [0.4, 0.5) is 0 Å². The molecule has 2 N–H and O–H groups in total. The van der Waals surface area contributed by atoms with Gasteiger partial charge in [0, 0.05) is 0 Å². The van der Waals surface area contributed by atoms with Crippen LogP contribution in [-0.4, -0.2) is 25.3 Å². The second kappa shape index (κ2) is 2.51. The van der Waals surface area contributed by atoms with E-state index in [0.717, 1.165) is 0 Å². The van der Waals surface area contributed by atoms with Crippen molar-refractivity contribution < 1.29 is 9.53 Å². The zero-order valence-electron chi connectivity index (χ0n) is 5.63. The minimum Gasteiger partial charge on any atom is -0.464 e. The number of nitrogens with two attached hydrogens (primary N) is 1. The number of carbonyl (C=O) groups excluding carboxylic acids is 1. The molecule has 0 saturated heterocycles. The fourth-order valence-electron chi connectivity index (χ4n) is 0.702. The van der Waals surface area contributed by atoms with Gasteiger partial charge in [-0.15, -0.1) is 0 Å². The summed E-state index contributed by atoms with van der Waals surface area (Å²) >= 11 is 0. The van der Waals surface area contributed by atoms with Crippen LogP contribution >= 0.6 is 0 Å². The molecule has 0 aromatic rings. The van der Waals surface area contributed by atoms with Crippen molar-refractivity contribution in [1.82, 2.24) is 0 Å². The number of carbonyl (C=O) groups is 1. The molecule has 1 aliphatic rings. The molecule has 0 radical (unpaired) electrons. The monoisotopic (exact) mass is 140 g/mol. The Morgan fingerprint density at radius 2 is 2.60 bits per heavy atom. The number of esters is 1. The van der Waals surface area contributed by atoms with Crippen LogP contribution in [0.5, 0.6) is 0 Å². The number of hydrogen-bond acceptors (Lipinski definition) is 4. The van der Waals surface area contributed by atoms with Crippen molar-refractivity contribution in [1.29, 1.82) is 0 Å². The molecule has 1 rings (SSSR count). The zero-order chi connectivity index (χ0) is 7.56. The number of aliphatic imine (C=N–C) groups is 1. The molecule has 1 aliphatic heterocycles. The van der Waals surface area contributed by atoms with Gasteiger partial charge in [0.2, 0.25) is 0 Å². The Morgan fingerprint density at radius 3 is 3.00 bits per heavy atom. The van der Waals surface area contributed by atoms with E-state index in [1.807, 2.05) is 0 Å². The van der Waals surface area contributed by atoms with E-state index in [9.17, 15) is 4.79 Å². The summed E-state index contributed by atoms with van der Waals surface area (Å²) in [6, 6.07) is 0. The Balaban J connectivity index is 2.75.